The molecule has 0 radical (unpaired) electrons. The van der Waals surface area contributed by atoms with Crippen LogP contribution < -0.4 is 20.5 Å². The van der Waals surface area contributed by atoms with E-state index in [-0.39, 0.29) is 12.7 Å². The van der Waals surface area contributed by atoms with Crippen molar-refractivity contribution in [3.63, 3.8) is 0 Å². The van der Waals surface area contributed by atoms with Crippen molar-refractivity contribution in [3.05, 3.63) is 33.2 Å². The number of thiazole rings is 1. The van der Waals surface area contributed by atoms with Gasteiger partial charge >= 0.3 is 0 Å². The summed E-state index contributed by atoms with van der Waals surface area (Å²) in [7, 11) is 0. The zero-order chi connectivity index (χ0) is 14.8. The highest BCUT2D eigenvalue weighted by molar-refractivity contribution is 7.09. The minimum absolute atomic E-state index is 0.150. The van der Waals surface area contributed by atoms with Gasteiger partial charge in [0.15, 0.2) is 11.5 Å². The third-order valence-corrected chi connectivity index (χ3v) is 4.07. The zero-order valence-electron chi connectivity index (χ0n) is 10.9. The maximum absolute atomic E-state index is 12.2. The number of anilines is 1. The van der Waals surface area contributed by atoms with E-state index < -0.39 is 0 Å². The van der Waals surface area contributed by atoms with Crippen molar-refractivity contribution in [2.24, 2.45) is 5.73 Å². The molecule has 0 bridgehead atoms. The number of nitrogens with two attached hydrogens (primary N) is 1. The van der Waals surface area contributed by atoms with Crippen LogP contribution in [0.3, 0.4) is 0 Å². The van der Waals surface area contributed by atoms with Gasteiger partial charge in [-0.05, 0) is 6.54 Å². The van der Waals surface area contributed by atoms with Gasteiger partial charge in [0.1, 0.15) is 5.69 Å². The minimum Gasteiger partial charge on any atom is -0.454 e. The Morgan fingerprint density at radius 1 is 1.43 bits per heavy atom. The van der Waals surface area contributed by atoms with Crippen molar-refractivity contribution in [2.75, 3.05) is 18.7 Å². The van der Waals surface area contributed by atoms with Gasteiger partial charge in [0.2, 0.25) is 6.79 Å². The lowest BCUT2D eigenvalue weighted by Crippen LogP contribution is -2.13. The van der Waals surface area contributed by atoms with Gasteiger partial charge < -0.3 is 20.5 Å². The fourth-order valence-electron chi connectivity index (χ4n) is 1.85. The fraction of sp³-hybridized carbons (Fsp3) is 0.231. The molecule has 0 aliphatic carbocycles. The molecule has 8 heteroatoms. The van der Waals surface area contributed by atoms with E-state index in [1.54, 1.807) is 17.5 Å². The van der Waals surface area contributed by atoms with Crippen molar-refractivity contribution < 1.29 is 14.3 Å². The average molecular weight is 326 g/mol. The molecule has 1 aromatic carbocycles. The first-order chi connectivity index (χ1) is 10.2. The predicted molar refractivity (Wildman–Crippen MR) is 80.4 cm³/mol. The van der Waals surface area contributed by atoms with Crippen LogP contribution in [0.4, 0.5) is 5.69 Å². The normalized spacial score (nSPS) is 12.5. The van der Waals surface area contributed by atoms with E-state index in [2.05, 4.69) is 10.3 Å². The topological polar surface area (TPSA) is 86.5 Å². The summed E-state index contributed by atoms with van der Waals surface area (Å²) in [6.07, 6.45) is 0.655. The van der Waals surface area contributed by atoms with Gasteiger partial charge in [-0.1, -0.05) is 11.6 Å². The zero-order valence-corrected chi connectivity index (χ0v) is 12.5. The molecule has 1 amide bonds. The van der Waals surface area contributed by atoms with Crippen molar-refractivity contribution in [3.8, 4) is 11.5 Å². The van der Waals surface area contributed by atoms with Crippen LogP contribution in [0.2, 0.25) is 5.02 Å². The van der Waals surface area contributed by atoms with Crippen LogP contribution in [0.25, 0.3) is 0 Å². The molecule has 3 rings (SSSR count). The van der Waals surface area contributed by atoms with Crippen molar-refractivity contribution in [1.82, 2.24) is 4.98 Å². The molecular weight excluding hydrogens is 314 g/mol. The molecule has 110 valence electrons. The molecule has 0 spiro atoms. The number of aromatic nitrogens is 1. The number of ether oxygens (including phenoxy) is 2. The van der Waals surface area contributed by atoms with Crippen LogP contribution in [0, 0.1) is 0 Å². The number of halogens is 1. The van der Waals surface area contributed by atoms with E-state index in [0.717, 1.165) is 5.01 Å². The van der Waals surface area contributed by atoms with Gasteiger partial charge in [-0.15, -0.1) is 11.3 Å². The third-order valence-electron chi connectivity index (χ3n) is 2.85. The number of fused-ring (bicyclic) bond motifs is 1. The van der Waals surface area contributed by atoms with E-state index in [1.807, 2.05) is 0 Å². The van der Waals surface area contributed by atoms with E-state index >= 15 is 0 Å². The molecular formula is C13H12ClN3O3S. The number of hydrogen-bond acceptors (Lipinski definition) is 6. The van der Waals surface area contributed by atoms with Crippen LogP contribution >= 0.6 is 22.9 Å². The molecule has 21 heavy (non-hydrogen) atoms. The Morgan fingerprint density at radius 3 is 2.95 bits per heavy atom. The SMILES string of the molecule is NCCc1nc(C(=O)Nc2cc3c(cc2Cl)OCO3)cs1. The summed E-state index contributed by atoms with van der Waals surface area (Å²) < 4.78 is 10.5. The van der Waals surface area contributed by atoms with Crippen LogP contribution in [0.1, 0.15) is 15.5 Å². The molecule has 2 aromatic rings. The first-order valence-corrected chi connectivity index (χ1v) is 7.48. The van der Waals surface area contributed by atoms with Gasteiger partial charge in [-0.2, -0.15) is 0 Å². The van der Waals surface area contributed by atoms with Gasteiger partial charge in [0.25, 0.3) is 5.91 Å². The summed E-state index contributed by atoms with van der Waals surface area (Å²) >= 11 is 7.52. The van der Waals surface area contributed by atoms with Crippen LogP contribution in [0.5, 0.6) is 11.5 Å². The van der Waals surface area contributed by atoms with E-state index in [0.29, 0.717) is 40.9 Å². The first-order valence-electron chi connectivity index (χ1n) is 6.22. The minimum atomic E-state index is -0.324. The number of benzene rings is 1. The Labute approximate surface area is 129 Å². The van der Waals surface area contributed by atoms with Gasteiger partial charge in [-0.25, -0.2) is 4.98 Å². The van der Waals surface area contributed by atoms with Gasteiger partial charge in [0.05, 0.1) is 15.7 Å². The second-order valence-corrected chi connectivity index (χ2v) is 5.65. The number of nitrogens with one attached hydrogen (secondary N) is 1. The second-order valence-electron chi connectivity index (χ2n) is 4.30. The Kier molecular flexibility index (Phi) is 3.96. The standard InChI is InChI=1S/C13H12ClN3O3S/c14-7-3-10-11(20-6-19-10)4-8(7)17-13(18)9-5-21-12(16-9)1-2-15/h3-5H,1-2,6,15H2,(H,17,18). The molecule has 0 unspecified atom stereocenters. The smallest absolute Gasteiger partial charge is 0.275 e. The number of carbonyl (C=O) groups excluding carboxylic acids is 1. The molecule has 0 atom stereocenters. The lowest BCUT2D eigenvalue weighted by Gasteiger charge is -2.07. The quantitative estimate of drug-likeness (QED) is 0.900. The summed E-state index contributed by atoms with van der Waals surface area (Å²) in [6, 6.07) is 3.25. The monoisotopic (exact) mass is 325 g/mol. The summed E-state index contributed by atoms with van der Waals surface area (Å²) in [5.74, 6) is 0.795. The molecule has 6 nitrogen and oxygen atoms in total. The van der Waals surface area contributed by atoms with Crippen LogP contribution in [0.15, 0.2) is 17.5 Å². The highest BCUT2D eigenvalue weighted by Gasteiger charge is 2.19. The molecule has 0 saturated carbocycles. The number of hydrogen-bond donors (Lipinski definition) is 2. The Morgan fingerprint density at radius 2 is 2.19 bits per heavy atom. The number of rotatable bonds is 4. The lowest BCUT2D eigenvalue weighted by molar-refractivity contribution is 0.102. The van der Waals surface area contributed by atoms with E-state index in [4.69, 9.17) is 26.8 Å². The van der Waals surface area contributed by atoms with Gasteiger partial charge in [-0.3, -0.25) is 4.79 Å². The summed E-state index contributed by atoms with van der Waals surface area (Å²) in [5, 5.41) is 5.63. The van der Waals surface area contributed by atoms with Crippen molar-refractivity contribution >= 4 is 34.5 Å². The highest BCUT2D eigenvalue weighted by Crippen LogP contribution is 2.39. The summed E-state index contributed by atoms with van der Waals surface area (Å²) in [6.45, 7) is 0.653. The van der Waals surface area contributed by atoms with E-state index in [9.17, 15) is 4.79 Å². The Balaban J connectivity index is 1.78. The molecule has 1 aliphatic rings. The van der Waals surface area contributed by atoms with Crippen molar-refractivity contribution in [2.45, 2.75) is 6.42 Å². The predicted octanol–water partition coefficient (Wildman–Crippen LogP) is 2.28. The number of nitrogens with zero attached hydrogens (tertiary/aromatic N) is 1. The summed E-state index contributed by atoms with van der Waals surface area (Å²) in [4.78, 5) is 16.4. The fourth-order valence-corrected chi connectivity index (χ4v) is 2.85. The second kappa shape index (κ2) is 5.88. The third kappa shape index (κ3) is 2.94. The molecule has 1 aromatic heterocycles. The van der Waals surface area contributed by atoms with Crippen LogP contribution in [-0.4, -0.2) is 24.2 Å². The first kappa shape index (κ1) is 14.1. The largest absolute Gasteiger partial charge is 0.454 e. The summed E-state index contributed by atoms with van der Waals surface area (Å²) in [5.41, 5.74) is 6.27. The highest BCUT2D eigenvalue weighted by atomic mass is 35.5. The molecule has 2 heterocycles. The van der Waals surface area contributed by atoms with Crippen LogP contribution in [-0.2, 0) is 6.42 Å². The molecule has 1 aliphatic heterocycles. The Bertz CT molecular complexity index is 689. The maximum Gasteiger partial charge on any atom is 0.275 e. The lowest BCUT2D eigenvalue weighted by atomic mass is 10.2. The average Bonchev–Trinajstić information content (AvgIpc) is 3.08. The Hall–Kier alpha value is -1.83. The maximum atomic E-state index is 12.2. The molecule has 0 saturated heterocycles. The molecule has 0 fully saturated rings. The van der Waals surface area contributed by atoms with Gasteiger partial charge in [0, 0.05) is 23.9 Å². The van der Waals surface area contributed by atoms with E-state index in [1.165, 1.54) is 11.3 Å². The number of amides is 1. The van der Waals surface area contributed by atoms with Crippen molar-refractivity contribution in [1.29, 1.82) is 0 Å². The number of carbonyl (C=O) groups is 1. The molecule has 3 N–H and O–H groups in total.